The molecule has 0 unspecified atom stereocenters. The van der Waals surface area contributed by atoms with Crippen LogP contribution in [0.25, 0.3) is 0 Å². The van der Waals surface area contributed by atoms with Crippen molar-refractivity contribution >= 4 is 11.9 Å². The molecule has 1 amide bonds. The number of nitrogens with zero attached hydrogens (tertiary/aromatic N) is 1. The van der Waals surface area contributed by atoms with Gasteiger partial charge in [0.2, 0.25) is 0 Å². The lowest BCUT2D eigenvalue weighted by molar-refractivity contribution is -0.176. The maximum atomic E-state index is 12.1. The molecule has 0 radical (unpaired) electrons. The first kappa shape index (κ1) is 24.2. The molecule has 0 heterocycles. The van der Waals surface area contributed by atoms with Gasteiger partial charge in [-0.05, 0) is 35.7 Å². The van der Waals surface area contributed by atoms with Crippen LogP contribution in [0.3, 0.4) is 0 Å². The van der Waals surface area contributed by atoms with E-state index in [2.05, 4.69) is 25.7 Å². The molecular weight excluding hydrogens is 409 g/mol. The molecule has 0 aliphatic heterocycles. The minimum atomic E-state index is -4.32. The first-order chi connectivity index (χ1) is 14.8. The summed E-state index contributed by atoms with van der Waals surface area (Å²) >= 11 is 0. The number of aliphatic imine (C=N–C) groups is 1. The number of carbonyl (C=O) groups excluding carboxylic acids is 1. The standard InChI is InChI=1S/C22H27F3N4O2/c1-3-27-20(30)19-10-8-17(9-11-19)13-29-21(26-2)28-12-16-4-6-18(7-5-16)14-31-15-22(23,24)25/h4-11H,3,12-15H2,1-2H3,(H,27,30)(H2,26,28,29). The molecule has 0 aliphatic carbocycles. The molecule has 168 valence electrons. The third-order valence-electron chi connectivity index (χ3n) is 4.25. The van der Waals surface area contributed by atoms with Crippen molar-refractivity contribution in [3.05, 3.63) is 70.8 Å². The lowest BCUT2D eigenvalue weighted by atomic mass is 10.1. The molecule has 9 heteroatoms. The SMILES string of the molecule is CCNC(=O)c1ccc(CNC(=NC)NCc2ccc(COCC(F)(F)F)cc2)cc1. The van der Waals surface area contributed by atoms with E-state index in [1.807, 2.05) is 31.2 Å². The van der Waals surface area contributed by atoms with Crippen molar-refractivity contribution in [3.63, 3.8) is 0 Å². The van der Waals surface area contributed by atoms with Crippen LogP contribution in [0.2, 0.25) is 0 Å². The Labute approximate surface area is 179 Å². The molecule has 2 aromatic rings. The highest BCUT2D eigenvalue weighted by Crippen LogP contribution is 2.15. The molecular formula is C22H27F3N4O2. The molecule has 0 aromatic heterocycles. The number of alkyl halides is 3. The first-order valence-electron chi connectivity index (χ1n) is 9.84. The minimum Gasteiger partial charge on any atom is -0.367 e. The summed E-state index contributed by atoms with van der Waals surface area (Å²) in [6.45, 7) is 2.14. The van der Waals surface area contributed by atoms with Gasteiger partial charge in [0.15, 0.2) is 5.96 Å². The molecule has 31 heavy (non-hydrogen) atoms. The number of hydrogen-bond acceptors (Lipinski definition) is 3. The maximum absolute atomic E-state index is 12.1. The first-order valence-corrected chi connectivity index (χ1v) is 9.84. The van der Waals surface area contributed by atoms with Gasteiger partial charge in [0, 0.05) is 32.2 Å². The van der Waals surface area contributed by atoms with Gasteiger partial charge in [-0.3, -0.25) is 9.79 Å². The number of benzene rings is 2. The summed E-state index contributed by atoms with van der Waals surface area (Å²) in [5, 5.41) is 9.13. The molecule has 0 saturated heterocycles. The van der Waals surface area contributed by atoms with Crippen LogP contribution in [0.4, 0.5) is 13.2 Å². The normalized spacial score (nSPS) is 11.8. The number of hydrogen-bond donors (Lipinski definition) is 3. The van der Waals surface area contributed by atoms with Gasteiger partial charge in [0.1, 0.15) is 6.61 Å². The van der Waals surface area contributed by atoms with Gasteiger partial charge < -0.3 is 20.7 Å². The Morgan fingerprint density at radius 3 is 1.90 bits per heavy atom. The number of amides is 1. The van der Waals surface area contributed by atoms with E-state index in [0.717, 1.165) is 11.1 Å². The molecule has 0 saturated carbocycles. The average molecular weight is 436 g/mol. The molecule has 6 nitrogen and oxygen atoms in total. The zero-order valence-electron chi connectivity index (χ0n) is 17.6. The Morgan fingerprint density at radius 1 is 0.903 bits per heavy atom. The van der Waals surface area contributed by atoms with Crippen LogP contribution >= 0.6 is 0 Å². The zero-order chi connectivity index (χ0) is 22.7. The van der Waals surface area contributed by atoms with Crippen molar-refractivity contribution in [1.29, 1.82) is 0 Å². The Morgan fingerprint density at radius 2 is 1.42 bits per heavy atom. The Balaban J connectivity index is 1.77. The van der Waals surface area contributed by atoms with E-state index in [1.165, 1.54) is 0 Å². The molecule has 2 aromatic carbocycles. The van der Waals surface area contributed by atoms with Crippen molar-refractivity contribution in [2.45, 2.75) is 32.8 Å². The second kappa shape index (κ2) is 11.9. The van der Waals surface area contributed by atoms with E-state index in [9.17, 15) is 18.0 Å². The summed E-state index contributed by atoms with van der Waals surface area (Å²) in [7, 11) is 1.66. The lowest BCUT2D eigenvalue weighted by Gasteiger charge is -2.13. The smallest absolute Gasteiger partial charge is 0.367 e. The van der Waals surface area contributed by atoms with Crippen molar-refractivity contribution in [1.82, 2.24) is 16.0 Å². The van der Waals surface area contributed by atoms with Crippen molar-refractivity contribution < 1.29 is 22.7 Å². The number of halogens is 3. The van der Waals surface area contributed by atoms with E-state index in [0.29, 0.717) is 36.7 Å². The second-order valence-electron chi connectivity index (χ2n) is 6.76. The predicted octanol–water partition coefficient (Wildman–Crippen LogP) is 3.38. The summed E-state index contributed by atoms with van der Waals surface area (Å²) in [6.07, 6.45) is -4.32. The van der Waals surface area contributed by atoms with Gasteiger partial charge in [-0.25, -0.2) is 0 Å². The van der Waals surface area contributed by atoms with Crippen LogP contribution < -0.4 is 16.0 Å². The predicted molar refractivity (Wildman–Crippen MR) is 114 cm³/mol. The van der Waals surface area contributed by atoms with Gasteiger partial charge in [0.05, 0.1) is 6.61 Å². The fourth-order valence-electron chi connectivity index (χ4n) is 2.67. The molecule has 3 N–H and O–H groups in total. The lowest BCUT2D eigenvalue weighted by Crippen LogP contribution is -2.36. The largest absolute Gasteiger partial charge is 0.411 e. The highest BCUT2D eigenvalue weighted by Gasteiger charge is 2.27. The summed E-state index contributed by atoms with van der Waals surface area (Å²) in [6, 6.07) is 14.4. The van der Waals surface area contributed by atoms with Crippen LogP contribution in [0.5, 0.6) is 0 Å². The molecule has 0 spiro atoms. The van der Waals surface area contributed by atoms with Gasteiger partial charge in [-0.1, -0.05) is 36.4 Å². The Bertz CT molecular complexity index is 851. The monoisotopic (exact) mass is 436 g/mol. The fraction of sp³-hybridized carbons (Fsp3) is 0.364. The Kier molecular flexibility index (Phi) is 9.33. The summed E-state index contributed by atoms with van der Waals surface area (Å²) in [4.78, 5) is 16.0. The quantitative estimate of drug-likeness (QED) is 0.416. The number of carbonyl (C=O) groups is 1. The van der Waals surface area contributed by atoms with Crippen molar-refractivity contribution in [2.24, 2.45) is 4.99 Å². The molecule has 0 fully saturated rings. The van der Waals surface area contributed by atoms with E-state index in [-0.39, 0.29) is 12.5 Å². The van der Waals surface area contributed by atoms with Gasteiger partial charge in [0.25, 0.3) is 5.91 Å². The molecule has 0 aliphatic rings. The summed E-state index contributed by atoms with van der Waals surface area (Å²) < 4.78 is 41.0. The number of nitrogens with one attached hydrogen (secondary N) is 3. The number of ether oxygens (including phenoxy) is 1. The Hall–Kier alpha value is -3.07. The van der Waals surface area contributed by atoms with Gasteiger partial charge in [-0.15, -0.1) is 0 Å². The van der Waals surface area contributed by atoms with Gasteiger partial charge >= 0.3 is 6.18 Å². The third-order valence-corrected chi connectivity index (χ3v) is 4.25. The topological polar surface area (TPSA) is 74.8 Å². The highest BCUT2D eigenvalue weighted by atomic mass is 19.4. The molecule has 0 bridgehead atoms. The van der Waals surface area contributed by atoms with Crippen molar-refractivity contribution in [3.8, 4) is 0 Å². The molecule has 0 atom stereocenters. The summed E-state index contributed by atoms with van der Waals surface area (Å²) in [5.74, 6) is 0.503. The fourth-order valence-corrected chi connectivity index (χ4v) is 2.67. The third kappa shape index (κ3) is 9.08. The van der Waals surface area contributed by atoms with Gasteiger partial charge in [-0.2, -0.15) is 13.2 Å². The molecule has 2 rings (SSSR count). The van der Waals surface area contributed by atoms with E-state index in [4.69, 9.17) is 0 Å². The van der Waals surface area contributed by atoms with Crippen LogP contribution in [0.1, 0.15) is 34.0 Å². The van der Waals surface area contributed by atoms with E-state index >= 15 is 0 Å². The number of rotatable bonds is 9. The highest BCUT2D eigenvalue weighted by molar-refractivity contribution is 5.94. The zero-order valence-corrected chi connectivity index (χ0v) is 17.6. The minimum absolute atomic E-state index is 0.0880. The second-order valence-corrected chi connectivity index (χ2v) is 6.76. The van der Waals surface area contributed by atoms with E-state index < -0.39 is 12.8 Å². The number of guanidine groups is 1. The summed E-state index contributed by atoms with van der Waals surface area (Å²) in [5.41, 5.74) is 3.24. The average Bonchev–Trinajstić information content (AvgIpc) is 2.74. The van der Waals surface area contributed by atoms with Crippen LogP contribution in [-0.4, -0.2) is 38.2 Å². The van der Waals surface area contributed by atoms with E-state index in [1.54, 1.807) is 31.3 Å². The van der Waals surface area contributed by atoms with Crippen LogP contribution in [0.15, 0.2) is 53.5 Å². The van der Waals surface area contributed by atoms with Crippen molar-refractivity contribution in [2.75, 3.05) is 20.2 Å². The van der Waals surface area contributed by atoms with Crippen LogP contribution in [0, 0.1) is 0 Å². The maximum Gasteiger partial charge on any atom is 0.411 e. The van der Waals surface area contributed by atoms with Crippen LogP contribution in [-0.2, 0) is 24.4 Å².